The van der Waals surface area contributed by atoms with Gasteiger partial charge in [0.1, 0.15) is 0 Å². The molecule has 0 heterocycles. The van der Waals surface area contributed by atoms with E-state index >= 15 is 0 Å². The number of hydrogen-bond donors (Lipinski definition) is 1. The summed E-state index contributed by atoms with van der Waals surface area (Å²) >= 11 is 0. The van der Waals surface area contributed by atoms with Gasteiger partial charge in [-0.05, 0) is 19.4 Å². The Kier molecular flexibility index (Phi) is 9.43. The molecule has 0 spiro atoms. The molecule has 0 aliphatic carbocycles. The van der Waals surface area contributed by atoms with Crippen LogP contribution in [0.15, 0.2) is 0 Å². The molecule has 0 saturated heterocycles. The first-order valence-corrected chi connectivity index (χ1v) is 6.26. The Morgan fingerprint density at radius 2 is 1.76 bits per heavy atom. The van der Waals surface area contributed by atoms with Gasteiger partial charge in [0.05, 0.1) is 19.7 Å². The topological polar surface area (TPSA) is 72.6 Å². The molecule has 0 fully saturated rings. The molecule has 1 amide bonds. The van der Waals surface area contributed by atoms with Crippen LogP contribution in [0.5, 0.6) is 0 Å². The van der Waals surface area contributed by atoms with Gasteiger partial charge in [-0.15, -0.1) is 0 Å². The van der Waals surface area contributed by atoms with E-state index in [1.54, 1.807) is 4.90 Å². The van der Waals surface area contributed by atoms with E-state index in [4.69, 9.17) is 10.5 Å². The Morgan fingerprint density at radius 1 is 1.12 bits per heavy atom. The molecule has 0 atom stereocenters. The number of carbonyl (C=O) groups is 2. The fourth-order valence-corrected chi connectivity index (χ4v) is 1.37. The van der Waals surface area contributed by atoms with E-state index in [1.165, 1.54) is 0 Å². The van der Waals surface area contributed by atoms with Crippen molar-refractivity contribution in [3.8, 4) is 0 Å². The van der Waals surface area contributed by atoms with E-state index in [0.717, 1.165) is 25.7 Å². The Morgan fingerprint density at radius 3 is 2.29 bits per heavy atom. The lowest BCUT2D eigenvalue weighted by atomic mass is 10.3. The molecule has 0 aliphatic rings. The number of carbonyl (C=O) groups excluding carboxylic acids is 2. The Bertz CT molecular complexity index is 232. The maximum atomic E-state index is 11.5. The molecule has 0 saturated carbocycles. The molecule has 5 heteroatoms. The number of nitrogens with two attached hydrogens (primary N) is 1. The van der Waals surface area contributed by atoms with Gasteiger partial charge < -0.3 is 10.5 Å². The zero-order valence-electron chi connectivity index (χ0n) is 10.9. The van der Waals surface area contributed by atoms with Crippen LogP contribution in [-0.2, 0) is 14.3 Å². The molecule has 0 aromatic rings. The molecule has 0 unspecified atom stereocenters. The van der Waals surface area contributed by atoms with Gasteiger partial charge >= 0.3 is 5.97 Å². The van der Waals surface area contributed by atoms with E-state index in [-0.39, 0.29) is 19.1 Å². The predicted octanol–water partition coefficient (Wildman–Crippen LogP) is 0.917. The van der Waals surface area contributed by atoms with Crippen molar-refractivity contribution in [3.05, 3.63) is 0 Å². The van der Waals surface area contributed by atoms with Gasteiger partial charge in [0.2, 0.25) is 5.91 Å². The third-order valence-electron chi connectivity index (χ3n) is 2.32. The average Bonchev–Trinajstić information content (AvgIpc) is 2.25. The third-order valence-corrected chi connectivity index (χ3v) is 2.32. The van der Waals surface area contributed by atoms with Crippen molar-refractivity contribution in [2.75, 3.05) is 26.2 Å². The molecular weight excluding hydrogens is 220 g/mol. The van der Waals surface area contributed by atoms with Crippen LogP contribution in [0.3, 0.4) is 0 Å². The highest BCUT2D eigenvalue weighted by molar-refractivity contribution is 5.77. The fourth-order valence-electron chi connectivity index (χ4n) is 1.37. The molecule has 17 heavy (non-hydrogen) atoms. The molecule has 0 aliphatic heterocycles. The number of rotatable bonds is 10. The van der Waals surface area contributed by atoms with Crippen molar-refractivity contribution in [3.63, 3.8) is 0 Å². The van der Waals surface area contributed by atoms with Crippen LogP contribution < -0.4 is 5.73 Å². The first-order chi connectivity index (χ1) is 8.10. The van der Waals surface area contributed by atoms with Crippen LogP contribution in [0.25, 0.3) is 0 Å². The fraction of sp³-hybridized carbons (Fsp3) is 0.833. The molecule has 5 nitrogen and oxygen atoms in total. The minimum atomic E-state index is -0.414. The average molecular weight is 244 g/mol. The SMILES string of the molecule is CCCCOC(=O)CN(CCCC)CC(N)=O. The second kappa shape index (κ2) is 10.1. The summed E-state index contributed by atoms with van der Waals surface area (Å²) in [6.07, 6.45) is 3.82. The highest BCUT2D eigenvalue weighted by Gasteiger charge is 2.13. The van der Waals surface area contributed by atoms with Crippen molar-refractivity contribution >= 4 is 11.9 Å². The number of ether oxygens (including phenoxy) is 1. The van der Waals surface area contributed by atoms with E-state index in [9.17, 15) is 9.59 Å². The van der Waals surface area contributed by atoms with E-state index in [2.05, 4.69) is 6.92 Å². The first-order valence-electron chi connectivity index (χ1n) is 6.26. The first kappa shape index (κ1) is 15.9. The summed E-state index contributed by atoms with van der Waals surface area (Å²) in [6, 6.07) is 0. The van der Waals surface area contributed by atoms with Crippen molar-refractivity contribution < 1.29 is 14.3 Å². The smallest absolute Gasteiger partial charge is 0.320 e. The van der Waals surface area contributed by atoms with Gasteiger partial charge in [0.25, 0.3) is 0 Å². The number of nitrogens with zero attached hydrogens (tertiary/aromatic N) is 1. The maximum absolute atomic E-state index is 11.5. The van der Waals surface area contributed by atoms with Crippen LogP contribution in [0, 0.1) is 0 Å². The lowest BCUT2D eigenvalue weighted by Crippen LogP contribution is -2.38. The zero-order valence-corrected chi connectivity index (χ0v) is 10.9. The highest BCUT2D eigenvalue weighted by Crippen LogP contribution is 1.97. The van der Waals surface area contributed by atoms with E-state index in [1.807, 2.05) is 6.92 Å². The molecule has 100 valence electrons. The summed E-state index contributed by atoms with van der Waals surface area (Å²) in [4.78, 5) is 24.0. The molecule has 0 bridgehead atoms. The van der Waals surface area contributed by atoms with Gasteiger partial charge in [0, 0.05) is 0 Å². The summed E-state index contributed by atoms with van der Waals surface area (Å²) in [6.45, 7) is 5.50. The van der Waals surface area contributed by atoms with Gasteiger partial charge in [-0.3, -0.25) is 14.5 Å². The van der Waals surface area contributed by atoms with Crippen LogP contribution in [-0.4, -0.2) is 43.0 Å². The largest absolute Gasteiger partial charge is 0.465 e. The second-order valence-electron chi connectivity index (χ2n) is 4.10. The van der Waals surface area contributed by atoms with Crippen molar-refractivity contribution in [2.45, 2.75) is 39.5 Å². The summed E-state index contributed by atoms with van der Waals surface area (Å²) in [7, 11) is 0. The van der Waals surface area contributed by atoms with E-state index < -0.39 is 5.91 Å². The summed E-state index contributed by atoms with van der Waals surface area (Å²) in [5.41, 5.74) is 5.13. The number of hydrogen-bond acceptors (Lipinski definition) is 4. The lowest BCUT2D eigenvalue weighted by molar-refractivity contribution is -0.145. The molecule has 0 aromatic carbocycles. The Labute approximate surface area is 103 Å². The number of unbranched alkanes of at least 4 members (excludes halogenated alkanes) is 2. The maximum Gasteiger partial charge on any atom is 0.320 e. The molecule has 0 aromatic heterocycles. The van der Waals surface area contributed by atoms with Crippen LogP contribution in [0.4, 0.5) is 0 Å². The van der Waals surface area contributed by atoms with Crippen molar-refractivity contribution in [2.24, 2.45) is 5.73 Å². The summed E-state index contributed by atoms with van der Waals surface area (Å²) < 4.78 is 5.04. The molecule has 0 radical (unpaired) electrons. The van der Waals surface area contributed by atoms with Crippen LogP contribution >= 0.6 is 0 Å². The number of amides is 1. The summed E-state index contributed by atoms with van der Waals surface area (Å²) in [5.74, 6) is -0.696. The lowest BCUT2D eigenvalue weighted by Gasteiger charge is -2.19. The van der Waals surface area contributed by atoms with Crippen molar-refractivity contribution in [1.82, 2.24) is 4.90 Å². The number of primary amides is 1. The van der Waals surface area contributed by atoms with Crippen LogP contribution in [0.2, 0.25) is 0 Å². The van der Waals surface area contributed by atoms with Crippen LogP contribution in [0.1, 0.15) is 39.5 Å². The third kappa shape index (κ3) is 9.81. The minimum absolute atomic E-state index is 0.114. The summed E-state index contributed by atoms with van der Waals surface area (Å²) in [5, 5.41) is 0. The van der Waals surface area contributed by atoms with Gasteiger partial charge in [0.15, 0.2) is 0 Å². The standard InChI is InChI=1S/C12H24N2O3/c1-3-5-7-14(9-11(13)15)10-12(16)17-8-6-4-2/h3-10H2,1-2H3,(H2,13,15). The highest BCUT2D eigenvalue weighted by atomic mass is 16.5. The molecule has 0 rings (SSSR count). The normalized spacial score (nSPS) is 10.5. The van der Waals surface area contributed by atoms with Gasteiger partial charge in [-0.25, -0.2) is 0 Å². The zero-order chi connectivity index (χ0) is 13.1. The van der Waals surface area contributed by atoms with Gasteiger partial charge in [-0.2, -0.15) is 0 Å². The number of esters is 1. The molecule has 2 N–H and O–H groups in total. The quantitative estimate of drug-likeness (QED) is 0.458. The predicted molar refractivity (Wildman–Crippen MR) is 66.4 cm³/mol. The van der Waals surface area contributed by atoms with E-state index in [0.29, 0.717) is 13.2 Å². The van der Waals surface area contributed by atoms with Crippen molar-refractivity contribution in [1.29, 1.82) is 0 Å². The second-order valence-corrected chi connectivity index (χ2v) is 4.10. The minimum Gasteiger partial charge on any atom is -0.465 e. The Balaban J connectivity index is 3.94. The monoisotopic (exact) mass is 244 g/mol. The Hall–Kier alpha value is -1.10. The molecular formula is C12H24N2O3. The van der Waals surface area contributed by atoms with Gasteiger partial charge in [-0.1, -0.05) is 26.7 Å².